The topological polar surface area (TPSA) is 36.4 Å². The van der Waals surface area contributed by atoms with Crippen molar-refractivity contribution in [2.45, 2.75) is 51.7 Å². The second-order valence-electron chi connectivity index (χ2n) is 4.87. The Morgan fingerprint density at radius 3 is 2.72 bits per heavy atom. The minimum Gasteiger partial charge on any atom is -0.392 e. The van der Waals surface area contributed by atoms with Crippen molar-refractivity contribution in [2.75, 3.05) is 11.4 Å². The van der Waals surface area contributed by atoms with Crippen LogP contribution in [0, 0.1) is 0 Å². The maximum absolute atomic E-state index is 9.28. The van der Waals surface area contributed by atoms with Crippen LogP contribution in [0.1, 0.15) is 44.6 Å². The van der Waals surface area contributed by atoms with Crippen LogP contribution >= 0.6 is 11.6 Å². The van der Waals surface area contributed by atoms with E-state index in [1.165, 1.54) is 32.1 Å². The number of anilines is 1. The first kappa shape index (κ1) is 13.6. The predicted molar refractivity (Wildman–Crippen MR) is 75.1 cm³/mol. The highest BCUT2D eigenvalue weighted by molar-refractivity contribution is 6.31. The highest BCUT2D eigenvalue weighted by atomic mass is 35.5. The van der Waals surface area contributed by atoms with Crippen molar-refractivity contribution < 1.29 is 5.11 Å². The van der Waals surface area contributed by atoms with Gasteiger partial charge in [0.25, 0.3) is 0 Å². The SMILES string of the molecule is CCN(c1cc(CO)c(Cl)cn1)C1CCCCC1. The zero-order chi connectivity index (χ0) is 13.0. The lowest BCUT2D eigenvalue weighted by atomic mass is 9.94. The summed E-state index contributed by atoms with van der Waals surface area (Å²) in [5.41, 5.74) is 0.760. The van der Waals surface area contributed by atoms with Crippen molar-refractivity contribution in [3.05, 3.63) is 22.8 Å². The first-order valence-electron chi connectivity index (χ1n) is 6.78. The Hall–Kier alpha value is -0.800. The fraction of sp³-hybridized carbons (Fsp3) is 0.643. The van der Waals surface area contributed by atoms with E-state index in [0.29, 0.717) is 11.1 Å². The summed E-state index contributed by atoms with van der Waals surface area (Å²) in [6, 6.07) is 2.50. The van der Waals surface area contributed by atoms with Gasteiger partial charge in [-0.3, -0.25) is 0 Å². The number of aliphatic hydroxyl groups is 1. The van der Waals surface area contributed by atoms with E-state index in [2.05, 4.69) is 16.8 Å². The molecule has 0 saturated heterocycles. The molecule has 0 amide bonds. The van der Waals surface area contributed by atoms with Crippen molar-refractivity contribution in [1.82, 2.24) is 4.98 Å². The lowest BCUT2D eigenvalue weighted by Crippen LogP contribution is -2.37. The van der Waals surface area contributed by atoms with Crippen LogP contribution in [0.3, 0.4) is 0 Å². The van der Waals surface area contributed by atoms with Gasteiger partial charge in [0.15, 0.2) is 0 Å². The third kappa shape index (κ3) is 2.96. The number of nitrogens with zero attached hydrogens (tertiary/aromatic N) is 2. The summed E-state index contributed by atoms with van der Waals surface area (Å²) < 4.78 is 0. The van der Waals surface area contributed by atoms with Crippen LogP contribution in [0.2, 0.25) is 5.02 Å². The fourth-order valence-electron chi connectivity index (χ4n) is 2.75. The maximum Gasteiger partial charge on any atom is 0.129 e. The first-order chi connectivity index (χ1) is 8.76. The highest BCUT2D eigenvalue weighted by Gasteiger charge is 2.21. The molecule has 1 aromatic rings. The lowest BCUT2D eigenvalue weighted by Gasteiger charge is -2.34. The number of hydrogen-bond donors (Lipinski definition) is 1. The summed E-state index contributed by atoms with van der Waals surface area (Å²) in [5.74, 6) is 0.942. The summed E-state index contributed by atoms with van der Waals surface area (Å²) >= 11 is 5.99. The molecule has 0 aromatic carbocycles. The van der Waals surface area contributed by atoms with Gasteiger partial charge in [-0.15, -0.1) is 0 Å². The Kier molecular flexibility index (Phi) is 4.84. The van der Waals surface area contributed by atoms with Crippen molar-refractivity contribution in [1.29, 1.82) is 0 Å². The monoisotopic (exact) mass is 268 g/mol. The van der Waals surface area contributed by atoms with Gasteiger partial charge in [0.05, 0.1) is 11.6 Å². The van der Waals surface area contributed by atoms with Crippen LogP contribution in [0.4, 0.5) is 5.82 Å². The van der Waals surface area contributed by atoms with Gasteiger partial charge in [-0.25, -0.2) is 4.98 Å². The van der Waals surface area contributed by atoms with E-state index in [-0.39, 0.29) is 6.61 Å². The highest BCUT2D eigenvalue weighted by Crippen LogP contribution is 2.28. The average molecular weight is 269 g/mol. The van der Waals surface area contributed by atoms with Crippen LogP contribution < -0.4 is 4.90 Å². The van der Waals surface area contributed by atoms with Crippen LogP contribution in [0.25, 0.3) is 0 Å². The van der Waals surface area contributed by atoms with Crippen LogP contribution in [0.15, 0.2) is 12.3 Å². The molecular weight excluding hydrogens is 248 g/mol. The lowest BCUT2D eigenvalue weighted by molar-refractivity contribution is 0.282. The molecule has 1 aliphatic rings. The molecular formula is C14H21ClN2O. The molecule has 0 unspecified atom stereocenters. The summed E-state index contributed by atoms with van der Waals surface area (Å²) in [6.07, 6.45) is 8.10. The molecule has 3 nitrogen and oxygen atoms in total. The Morgan fingerprint density at radius 1 is 1.39 bits per heavy atom. The standard InChI is InChI=1S/C14H21ClN2O/c1-2-17(12-6-4-3-5-7-12)14-8-11(10-18)13(15)9-16-14/h8-9,12,18H,2-7,10H2,1H3. The van der Waals surface area contributed by atoms with Gasteiger partial charge in [-0.1, -0.05) is 30.9 Å². The average Bonchev–Trinajstić information content (AvgIpc) is 2.42. The minimum atomic E-state index is -0.0312. The Morgan fingerprint density at radius 2 is 2.11 bits per heavy atom. The number of hydrogen-bond acceptors (Lipinski definition) is 3. The number of pyridine rings is 1. The second-order valence-corrected chi connectivity index (χ2v) is 5.28. The molecule has 0 aliphatic heterocycles. The molecule has 100 valence electrons. The summed E-state index contributed by atoms with van der Waals surface area (Å²) in [5, 5.41) is 9.82. The van der Waals surface area contributed by atoms with Gasteiger partial charge in [0.2, 0.25) is 0 Å². The van der Waals surface area contributed by atoms with Crippen molar-refractivity contribution in [3.8, 4) is 0 Å². The molecule has 1 fully saturated rings. The third-order valence-electron chi connectivity index (χ3n) is 3.74. The van der Waals surface area contributed by atoms with Gasteiger partial charge >= 0.3 is 0 Å². The minimum absolute atomic E-state index is 0.0312. The van der Waals surface area contributed by atoms with Crippen molar-refractivity contribution in [3.63, 3.8) is 0 Å². The van der Waals surface area contributed by atoms with Crippen LogP contribution in [-0.2, 0) is 6.61 Å². The fourth-order valence-corrected chi connectivity index (χ4v) is 2.91. The van der Waals surface area contributed by atoms with E-state index < -0.39 is 0 Å². The van der Waals surface area contributed by atoms with E-state index >= 15 is 0 Å². The van der Waals surface area contributed by atoms with Gasteiger partial charge in [-0.05, 0) is 25.8 Å². The molecule has 4 heteroatoms. The normalized spacial score (nSPS) is 16.8. The Balaban J connectivity index is 2.20. The van der Waals surface area contributed by atoms with E-state index in [0.717, 1.165) is 17.9 Å². The molecule has 1 N–H and O–H groups in total. The maximum atomic E-state index is 9.28. The molecule has 0 radical (unpaired) electrons. The third-order valence-corrected chi connectivity index (χ3v) is 4.08. The van der Waals surface area contributed by atoms with Crippen LogP contribution in [0.5, 0.6) is 0 Å². The second kappa shape index (κ2) is 6.39. The molecule has 1 aromatic heterocycles. The smallest absolute Gasteiger partial charge is 0.129 e. The largest absolute Gasteiger partial charge is 0.392 e. The molecule has 0 spiro atoms. The number of rotatable bonds is 4. The zero-order valence-electron chi connectivity index (χ0n) is 10.9. The van der Waals surface area contributed by atoms with Crippen molar-refractivity contribution >= 4 is 17.4 Å². The van der Waals surface area contributed by atoms with Gasteiger partial charge in [0, 0.05) is 24.3 Å². The van der Waals surface area contributed by atoms with Gasteiger partial charge in [0.1, 0.15) is 5.82 Å². The van der Waals surface area contributed by atoms with Gasteiger partial charge < -0.3 is 10.0 Å². The summed E-state index contributed by atoms with van der Waals surface area (Å²) in [4.78, 5) is 6.76. The van der Waals surface area contributed by atoms with Crippen LogP contribution in [-0.4, -0.2) is 22.7 Å². The first-order valence-corrected chi connectivity index (χ1v) is 7.16. The predicted octanol–water partition coefficient (Wildman–Crippen LogP) is 3.39. The quantitative estimate of drug-likeness (QED) is 0.909. The Bertz CT molecular complexity index is 391. The number of aliphatic hydroxyl groups excluding tert-OH is 1. The molecule has 18 heavy (non-hydrogen) atoms. The van der Waals surface area contributed by atoms with Gasteiger partial charge in [-0.2, -0.15) is 0 Å². The summed E-state index contributed by atoms with van der Waals surface area (Å²) in [6.45, 7) is 3.07. The Labute approximate surface area is 114 Å². The molecule has 1 saturated carbocycles. The summed E-state index contributed by atoms with van der Waals surface area (Å²) in [7, 11) is 0. The molecule has 0 atom stereocenters. The number of aromatic nitrogens is 1. The molecule has 1 aliphatic carbocycles. The zero-order valence-corrected chi connectivity index (χ0v) is 11.7. The number of halogens is 1. The van der Waals surface area contributed by atoms with E-state index in [9.17, 15) is 5.11 Å². The van der Waals surface area contributed by atoms with E-state index in [1.807, 2.05) is 6.07 Å². The molecule has 0 bridgehead atoms. The van der Waals surface area contributed by atoms with E-state index in [1.54, 1.807) is 6.20 Å². The molecule has 2 rings (SSSR count). The van der Waals surface area contributed by atoms with Crippen molar-refractivity contribution in [2.24, 2.45) is 0 Å². The van der Waals surface area contributed by atoms with E-state index in [4.69, 9.17) is 11.6 Å². The molecule has 1 heterocycles.